The van der Waals surface area contributed by atoms with Crippen LogP contribution in [0, 0.1) is 5.82 Å². The largest absolute Gasteiger partial charge is 0.316 e. The van der Waals surface area contributed by atoms with Crippen LogP contribution in [-0.4, -0.2) is 22.9 Å². The molecule has 0 spiro atoms. The number of rotatable bonds is 2. The monoisotopic (exact) mass is 231 g/mol. The molecule has 1 saturated heterocycles. The predicted octanol–water partition coefficient (Wildman–Crippen LogP) is 2.09. The fraction of sp³-hybridized carbons (Fsp3) is 0.308. The van der Waals surface area contributed by atoms with Crippen LogP contribution in [0.5, 0.6) is 0 Å². The van der Waals surface area contributed by atoms with Crippen LogP contribution >= 0.6 is 0 Å². The molecule has 1 unspecified atom stereocenters. The quantitative estimate of drug-likeness (QED) is 0.857. The highest BCUT2D eigenvalue weighted by Crippen LogP contribution is 2.24. The standard InChI is InChI=1S/C13H14FN3/c14-11-1-3-12(4-2-11)17-13(6-8-16-17)10-5-7-15-9-10/h1-4,6,8,10,15H,5,7,9H2. The molecule has 1 N–H and O–H groups in total. The maximum Gasteiger partial charge on any atom is 0.123 e. The molecule has 17 heavy (non-hydrogen) atoms. The first kappa shape index (κ1) is 10.5. The summed E-state index contributed by atoms with van der Waals surface area (Å²) >= 11 is 0. The van der Waals surface area contributed by atoms with Gasteiger partial charge in [0.15, 0.2) is 0 Å². The zero-order valence-corrected chi connectivity index (χ0v) is 9.44. The van der Waals surface area contributed by atoms with Crippen molar-refractivity contribution in [3.8, 4) is 5.69 Å². The summed E-state index contributed by atoms with van der Waals surface area (Å²) in [5.41, 5.74) is 2.11. The van der Waals surface area contributed by atoms with Gasteiger partial charge in [-0.3, -0.25) is 0 Å². The van der Waals surface area contributed by atoms with Gasteiger partial charge in [-0.1, -0.05) is 0 Å². The number of hydrogen-bond acceptors (Lipinski definition) is 2. The van der Waals surface area contributed by atoms with Crippen molar-refractivity contribution >= 4 is 0 Å². The molecule has 1 aliphatic rings. The molecule has 0 aliphatic carbocycles. The number of aromatic nitrogens is 2. The highest BCUT2D eigenvalue weighted by molar-refractivity contribution is 5.34. The Kier molecular flexibility index (Phi) is 2.65. The molecule has 0 bridgehead atoms. The van der Waals surface area contributed by atoms with E-state index in [4.69, 9.17) is 0 Å². The van der Waals surface area contributed by atoms with Gasteiger partial charge in [-0.05, 0) is 43.3 Å². The van der Waals surface area contributed by atoms with Gasteiger partial charge in [0.05, 0.1) is 5.69 Å². The molecule has 1 aliphatic heterocycles. The first-order valence-electron chi connectivity index (χ1n) is 5.85. The zero-order valence-electron chi connectivity index (χ0n) is 9.44. The smallest absolute Gasteiger partial charge is 0.123 e. The van der Waals surface area contributed by atoms with E-state index >= 15 is 0 Å². The number of nitrogens with one attached hydrogen (secondary N) is 1. The third-order valence-corrected chi connectivity index (χ3v) is 3.22. The van der Waals surface area contributed by atoms with Crippen molar-refractivity contribution in [3.05, 3.63) is 48.0 Å². The number of hydrogen-bond donors (Lipinski definition) is 1. The molecule has 1 aromatic carbocycles. The predicted molar refractivity (Wildman–Crippen MR) is 63.7 cm³/mol. The number of halogens is 1. The molecule has 1 aromatic heterocycles. The summed E-state index contributed by atoms with van der Waals surface area (Å²) in [6.45, 7) is 2.05. The highest BCUT2D eigenvalue weighted by atomic mass is 19.1. The van der Waals surface area contributed by atoms with Crippen molar-refractivity contribution in [1.82, 2.24) is 15.1 Å². The second-order valence-electron chi connectivity index (χ2n) is 4.33. The van der Waals surface area contributed by atoms with E-state index in [0.29, 0.717) is 5.92 Å². The Morgan fingerprint density at radius 1 is 1.24 bits per heavy atom. The molecule has 0 radical (unpaired) electrons. The van der Waals surface area contributed by atoms with Crippen LogP contribution in [0.1, 0.15) is 18.0 Å². The van der Waals surface area contributed by atoms with Crippen LogP contribution in [0.2, 0.25) is 0 Å². The maximum absolute atomic E-state index is 12.9. The summed E-state index contributed by atoms with van der Waals surface area (Å²) in [5, 5.41) is 7.67. The van der Waals surface area contributed by atoms with Crippen molar-refractivity contribution in [1.29, 1.82) is 0 Å². The minimum absolute atomic E-state index is 0.218. The van der Waals surface area contributed by atoms with Crippen LogP contribution in [-0.2, 0) is 0 Å². The molecule has 2 aromatic rings. The lowest BCUT2D eigenvalue weighted by Gasteiger charge is -2.12. The Balaban J connectivity index is 1.97. The van der Waals surface area contributed by atoms with Crippen molar-refractivity contribution in [3.63, 3.8) is 0 Å². The Bertz CT molecular complexity index is 498. The van der Waals surface area contributed by atoms with E-state index in [-0.39, 0.29) is 5.82 Å². The lowest BCUT2D eigenvalue weighted by atomic mass is 10.1. The Hall–Kier alpha value is -1.68. The molecule has 4 heteroatoms. The first-order chi connectivity index (χ1) is 8.34. The molecule has 3 nitrogen and oxygen atoms in total. The molecule has 3 rings (SSSR count). The van der Waals surface area contributed by atoms with Gasteiger partial charge in [0.25, 0.3) is 0 Å². The molecule has 0 saturated carbocycles. The molecule has 2 heterocycles. The van der Waals surface area contributed by atoms with Crippen LogP contribution in [0.15, 0.2) is 36.5 Å². The molecular formula is C13H14FN3. The van der Waals surface area contributed by atoms with Crippen LogP contribution in [0.25, 0.3) is 5.69 Å². The molecule has 88 valence electrons. The summed E-state index contributed by atoms with van der Waals surface area (Å²) < 4.78 is 14.8. The van der Waals surface area contributed by atoms with E-state index in [1.807, 2.05) is 10.7 Å². The lowest BCUT2D eigenvalue weighted by molar-refractivity contribution is 0.625. The van der Waals surface area contributed by atoms with Crippen LogP contribution in [0.3, 0.4) is 0 Å². The third-order valence-electron chi connectivity index (χ3n) is 3.22. The summed E-state index contributed by atoms with van der Waals surface area (Å²) in [5.74, 6) is 0.285. The van der Waals surface area contributed by atoms with Crippen LogP contribution in [0.4, 0.5) is 4.39 Å². The Labute approximate surface area is 99.3 Å². The van der Waals surface area contributed by atoms with Gasteiger partial charge in [-0.15, -0.1) is 0 Å². The van der Waals surface area contributed by atoms with Gasteiger partial charge < -0.3 is 5.32 Å². The Morgan fingerprint density at radius 3 is 2.76 bits per heavy atom. The Morgan fingerprint density at radius 2 is 2.06 bits per heavy atom. The summed E-state index contributed by atoms with van der Waals surface area (Å²) in [4.78, 5) is 0. The topological polar surface area (TPSA) is 29.9 Å². The number of nitrogens with zero attached hydrogens (tertiary/aromatic N) is 2. The first-order valence-corrected chi connectivity index (χ1v) is 5.85. The van der Waals surface area contributed by atoms with Gasteiger partial charge in [-0.25, -0.2) is 9.07 Å². The fourth-order valence-electron chi connectivity index (χ4n) is 2.33. The molecular weight excluding hydrogens is 217 g/mol. The van der Waals surface area contributed by atoms with Crippen LogP contribution < -0.4 is 5.32 Å². The molecule has 0 amide bonds. The van der Waals surface area contributed by atoms with Gasteiger partial charge in [0.1, 0.15) is 5.82 Å². The van der Waals surface area contributed by atoms with E-state index in [2.05, 4.69) is 10.4 Å². The van der Waals surface area contributed by atoms with E-state index in [0.717, 1.165) is 25.2 Å². The van der Waals surface area contributed by atoms with Gasteiger partial charge in [-0.2, -0.15) is 5.10 Å². The minimum atomic E-state index is -0.218. The van der Waals surface area contributed by atoms with Gasteiger partial charge >= 0.3 is 0 Å². The molecule has 1 fully saturated rings. The average molecular weight is 231 g/mol. The summed E-state index contributed by atoms with van der Waals surface area (Å²) in [7, 11) is 0. The maximum atomic E-state index is 12.9. The lowest BCUT2D eigenvalue weighted by Crippen LogP contribution is -2.11. The fourth-order valence-corrected chi connectivity index (χ4v) is 2.33. The van der Waals surface area contributed by atoms with Crippen molar-refractivity contribution in [2.75, 3.05) is 13.1 Å². The minimum Gasteiger partial charge on any atom is -0.316 e. The van der Waals surface area contributed by atoms with E-state index in [9.17, 15) is 4.39 Å². The SMILES string of the molecule is Fc1ccc(-n2nccc2C2CCNC2)cc1. The van der Waals surface area contributed by atoms with E-state index in [1.54, 1.807) is 18.3 Å². The highest BCUT2D eigenvalue weighted by Gasteiger charge is 2.20. The second-order valence-corrected chi connectivity index (χ2v) is 4.33. The van der Waals surface area contributed by atoms with Gasteiger partial charge in [0.2, 0.25) is 0 Å². The van der Waals surface area contributed by atoms with Gasteiger partial charge in [0, 0.05) is 24.4 Å². The van der Waals surface area contributed by atoms with E-state index < -0.39 is 0 Å². The van der Waals surface area contributed by atoms with E-state index in [1.165, 1.54) is 17.8 Å². The average Bonchev–Trinajstić information content (AvgIpc) is 3.00. The summed E-state index contributed by atoms with van der Waals surface area (Å²) in [6.07, 6.45) is 2.93. The molecule has 1 atom stereocenters. The van der Waals surface area contributed by atoms with Crippen molar-refractivity contribution in [2.24, 2.45) is 0 Å². The van der Waals surface area contributed by atoms with Crippen molar-refractivity contribution in [2.45, 2.75) is 12.3 Å². The normalized spacial score (nSPS) is 19.7. The zero-order chi connectivity index (χ0) is 11.7. The van der Waals surface area contributed by atoms with Crippen molar-refractivity contribution < 1.29 is 4.39 Å². The second kappa shape index (κ2) is 4.30. The third kappa shape index (κ3) is 1.96. The summed E-state index contributed by atoms with van der Waals surface area (Å²) in [6, 6.07) is 8.49. The number of benzene rings is 1.